The van der Waals surface area contributed by atoms with Crippen LogP contribution >= 0.6 is 0 Å². The van der Waals surface area contributed by atoms with Crippen molar-refractivity contribution in [1.82, 2.24) is 10.3 Å². The van der Waals surface area contributed by atoms with Crippen LogP contribution in [0.3, 0.4) is 0 Å². The van der Waals surface area contributed by atoms with Crippen LogP contribution in [0, 0.1) is 0 Å². The quantitative estimate of drug-likeness (QED) is 0.631. The average Bonchev–Trinajstić information content (AvgIpc) is 2.38. The molecule has 0 aliphatic rings. The fraction of sp³-hybridized carbons (Fsp3) is 0.556. The highest BCUT2D eigenvalue weighted by Crippen LogP contribution is 2.22. The zero-order chi connectivity index (χ0) is 9.19. The van der Waals surface area contributed by atoms with Gasteiger partial charge in [0.2, 0.25) is 0 Å². The van der Waals surface area contributed by atoms with Crippen LogP contribution in [0.2, 0.25) is 0 Å². The predicted molar refractivity (Wildman–Crippen MR) is 48.9 cm³/mol. The van der Waals surface area contributed by atoms with E-state index in [1.165, 1.54) is 0 Å². The first-order valence-electron chi connectivity index (χ1n) is 4.08. The molecule has 0 aliphatic carbocycles. The van der Waals surface area contributed by atoms with Crippen LogP contribution in [0.15, 0.2) is 18.3 Å². The first-order chi connectivity index (χ1) is 5.55. The smallest absolute Gasteiger partial charge is 0.0800 e. The van der Waals surface area contributed by atoms with E-state index in [9.17, 15) is 5.11 Å². The van der Waals surface area contributed by atoms with E-state index in [0.29, 0.717) is 0 Å². The van der Waals surface area contributed by atoms with E-state index in [4.69, 9.17) is 0 Å². The van der Waals surface area contributed by atoms with Gasteiger partial charge in [0, 0.05) is 11.9 Å². The molecular weight excluding hydrogens is 152 g/mol. The third-order valence-corrected chi connectivity index (χ3v) is 1.93. The number of hydrogen-bond acceptors (Lipinski definition) is 2. The Morgan fingerprint density at radius 3 is 2.58 bits per heavy atom. The van der Waals surface area contributed by atoms with Crippen molar-refractivity contribution in [2.45, 2.75) is 25.5 Å². The molecule has 0 saturated heterocycles. The average molecular weight is 168 g/mol. The zero-order valence-electron chi connectivity index (χ0n) is 7.76. The number of likely N-dealkylation sites (N-methyl/N-ethyl adjacent to an activating group) is 1. The minimum atomic E-state index is -0.750. The highest BCUT2D eigenvalue weighted by molar-refractivity contribution is 5.12. The van der Waals surface area contributed by atoms with Crippen LogP contribution in [0.4, 0.5) is 0 Å². The molecule has 0 fully saturated rings. The maximum Gasteiger partial charge on any atom is 0.0800 e. The maximum absolute atomic E-state index is 9.77. The zero-order valence-corrected chi connectivity index (χ0v) is 7.76. The summed E-state index contributed by atoms with van der Waals surface area (Å²) in [7, 11) is 1.84. The monoisotopic (exact) mass is 168 g/mol. The number of aliphatic hydroxyl groups is 1. The van der Waals surface area contributed by atoms with Gasteiger partial charge in [-0.1, -0.05) is 0 Å². The fourth-order valence-corrected chi connectivity index (χ4v) is 1.41. The van der Waals surface area contributed by atoms with Gasteiger partial charge < -0.3 is 15.4 Å². The Balaban J connectivity index is 2.84. The number of H-pyrrole nitrogens is 1. The van der Waals surface area contributed by atoms with E-state index in [0.717, 1.165) is 5.69 Å². The Hall–Kier alpha value is -0.800. The summed E-state index contributed by atoms with van der Waals surface area (Å²) in [4.78, 5) is 3.07. The molecule has 0 aliphatic heterocycles. The Bertz CT molecular complexity index is 223. The van der Waals surface area contributed by atoms with Gasteiger partial charge in [-0.05, 0) is 33.0 Å². The predicted octanol–water partition coefficient (Wildman–Crippen LogP) is 1.05. The lowest BCUT2D eigenvalue weighted by molar-refractivity contribution is 0.0387. The Morgan fingerprint density at radius 1 is 1.58 bits per heavy atom. The molecule has 0 amide bonds. The standard InChI is InChI=1S/C9H16N2O/c1-9(2,12)8(10-3)7-5-4-6-11-7/h4-6,8,10-12H,1-3H3. The molecule has 1 atom stereocenters. The second kappa shape index (κ2) is 3.29. The van der Waals surface area contributed by atoms with Crippen LogP contribution in [-0.2, 0) is 0 Å². The van der Waals surface area contributed by atoms with Crippen LogP contribution in [0.1, 0.15) is 25.6 Å². The van der Waals surface area contributed by atoms with Gasteiger partial charge in [0.15, 0.2) is 0 Å². The van der Waals surface area contributed by atoms with Crippen molar-refractivity contribution < 1.29 is 5.11 Å². The summed E-state index contributed by atoms with van der Waals surface area (Å²) in [5.74, 6) is 0. The summed E-state index contributed by atoms with van der Waals surface area (Å²) in [6.07, 6.45) is 1.85. The first kappa shape index (κ1) is 9.29. The summed E-state index contributed by atoms with van der Waals surface area (Å²) < 4.78 is 0. The van der Waals surface area contributed by atoms with Crippen molar-refractivity contribution in [2.24, 2.45) is 0 Å². The second-order valence-corrected chi connectivity index (χ2v) is 3.50. The molecular formula is C9H16N2O. The van der Waals surface area contributed by atoms with Gasteiger partial charge in [0.05, 0.1) is 11.6 Å². The molecule has 1 unspecified atom stereocenters. The number of rotatable bonds is 3. The largest absolute Gasteiger partial charge is 0.388 e. The number of aromatic amines is 1. The summed E-state index contributed by atoms with van der Waals surface area (Å²) in [6, 6.07) is 3.83. The Labute approximate surface area is 72.8 Å². The van der Waals surface area contributed by atoms with E-state index in [2.05, 4.69) is 10.3 Å². The minimum Gasteiger partial charge on any atom is -0.388 e. The van der Waals surface area contributed by atoms with Crippen molar-refractivity contribution in [2.75, 3.05) is 7.05 Å². The van der Waals surface area contributed by atoms with E-state index in [-0.39, 0.29) is 6.04 Å². The molecule has 0 saturated carbocycles. The molecule has 1 aromatic rings. The maximum atomic E-state index is 9.77. The number of nitrogens with one attached hydrogen (secondary N) is 2. The van der Waals surface area contributed by atoms with E-state index >= 15 is 0 Å². The van der Waals surface area contributed by atoms with E-state index < -0.39 is 5.60 Å². The second-order valence-electron chi connectivity index (χ2n) is 3.50. The summed E-state index contributed by atoms with van der Waals surface area (Å²) in [5.41, 5.74) is 0.254. The summed E-state index contributed by atoms with van der Waals surface area (Å²) in [5, 5.41) is 12.8. The highest BCUT2D eigenvalue weighted by atomic mass is 16.3. The molecule has 0 spiro atoms. The number of hydrogen-bond donors (Lipinski definition) is 3. The topological polar surface area (TPSA) is 48.0 Å². The SMILES string of the molecule is CNC(c1ccc[nH]1)C(C)(C)O. The molecule has 0 aromatic carbocycles. The summed E-state index contributed by atoms with van der Waals surface area (Å²) in [6.45, 7) is 3.57. The van der Waals surface area contributed by atoms with Gasteiger partial charge in [0.1, 0.15) is 0 Å². The molecule has 3 heteroatoms. The molecule has 12 heavy (non-hydrogen) atoms. The molecule has 1 heterocycles. The molecule has 68 valence electrons. The Morgan fingerprint density at radius 2 is 2.25 bits per heavy atom. The molecule has 0 radical (unpaired) electrons. The van der Waals surface area contributed by atoms with E-state index in [1.807, 2.05) is 25.4 Å². The normalized spacial score (nSPS) is 14.7. The van der Waals surface area contributed by atoms with Gasteiger partial charge in [-0.3, -0.25) is 0 Å². The lowest BCUT2D eigenvalue weighted by atomic mass is 9.96. The molecule has 0 bridgehead atoms. The Kier molecular flexibility index (Phi) is 2.55. The third-order valence-electron chi connectivity index (χ3n) is 1.93. The van der Waals surface area contributed by atoms with Crippen molar-refractivity contribution in [3.8, 4) is 0 Å². The highest BCUT2D eigenvalue weighted by Gasteiger charge is 2.27. The van der Waals surface area contributed by atoms with E-state index in [1.54, 1.807) is 13.8 Å². The van der Waals surface area contributed by atoms with Crippen molar-refractivity contribution in [3.63, 3.8) is 0 Å². The van der Waals surface area contributed by atoms with Gasteiger partial charge in [-0.2, -0.15) is 0 Å². The van der Waals surface area contributed by atoms with Crippen molar-refractivity contribution in [3.05, 3.63) is 24.0 Å². The molecule has 3 N–H and O–H groups in total. The minimum absolute atomic E-state index is 0.0486. The van der Waals surface area contributed by atoms with Gasteiger partial charge in [0.25, 0.3) is 0 Å². The lowest BCUT2D eigenvalue weighted by Gasteiger charge is -2.28. The lowest BCUT2D eigenvalue weighted by Crippen LogP contribution is -2.37. The third kappa shape index (κ3) is 1.87. The molecule has 1 aromatic heterocycles. The van der Waals surface area contributed by atoms with Crippen molar-refractivity contribution >= 4 is 0 Å². The van der Waals surface area contributed by atoms with Crippen LogP contribution < -0.4 is 5.32 Å². The van der Waals surface area contributed by atoms with Gasteiger partial charge in [-0.25, -0.2) is 0 Å². The molecule has 1 rings (SSSR count). The van der Waals surface area contributed by atoms with Crippen LogP contribution in [0.5, 0.6) is 0 Å². The van der Waals surface area contributed by atoms with Crippen molar-refractivity contribution in [1.29, 1.82) is 0 Å². The first-order valence-corrected chi connectivity index (χ1v) is 4.08. The summed E-state index contributed by atoms with van der Waals surface area (Å²) >= 11 is 0. The van der Waals surface area contributed by atoms with Crippen LogP contribution in [-0.4, -0.2) is 22.7 Å². The van der Waals surface area contributed by atoms with Gasteiger partial charge >= 0.3 is 0 Å². The number of aromatic nitrogens is 1. The van der Waals surface area contributed by atoms with Gasteiger partial charge in [-0.15, -0.1) is 0 Å². The fourth-order valence-electron chi connectivity index (χ4n) is 1.41. The molecule has 3 nitrogen and oxygen atoms in total. The van der Waals surface area contributed by atoms with Crippen LogP contribution in [0.25, 0.3) is 0 Å².